The van der Waals surface area contributed by atoms with Gasteiger partial charge in [-0.2, -0.15) is 0 Å². The zero-order chi connectivity index (χ0) is 45.9. The number of rotatable bonds is 15. The molecule has 2 aliphatic rings. The molecule has 4 aromatic rings. The highest BCUT2D eigenvalue weighted by atomic mass is 28.3. The molecule has 14 nitrogen and oxygen atoms in total. The molecule has 0 N–H and O–H groups in total. The Morgan fingerprint density at radius 3 is 1.76 bits per heavy atom. The number of benzene rings is 1. The van der Waals surface area contributed by atoms with E-state index in [2.05, 4.69) is 43.8 Å². The van der Waals surface area contributed by atoms with Crippen molar-refractivity contribution in [3.63, 3.8) is 0 Å². The van der Waals surface area contributed by atoms with Crippen molar-refractivity contribution in [2.24, 2.45) is 0 Å². The van der Waals surface area contributed by atoms with E-state index >= 15 is 0 Å². The number of imidazole rings is 2. The third-order valence-corrected chi connectivity index (χ3v) is 14.6. The van der Waals surface area contributed by atoms with Gasteiger partial charge in [0, 0.05) is 54.7 Å². The topological polar surface area (TPSA) is 135 Å². The minimum absolute atomic E-state index is 0.230. The Kier molecular flexibility index (Phi) is 14.7. The largest absolute Gasteiger partial charge is 0.444 e. The molecule has 0 saturated carbocycles. The second-order valence-corrected chi connectivity index (χ2v) is 32.7. The Labute approximate surface area is 375 Å². The van der Waals surface area contributed by atoms with Gasteiger partial charge >= 0.3 is 12.2 Å². The highest BCUT2D eigenvalue weighted by Gasteiger charge is 2.38. The highest BCUT2D eigenvalue weighted by Crippen LogP contribution is 2.36. The summed E-state index contributed by atoms with van der Waals surface area (Å²) in [5.41, 5.74) is 2.02. The molecular weight excluding hydrogens is 831 g/mol. The number of pyridine rings is 1. The minimum atomic E-state index is -1.31. The first-order valence-electron chi connectivity index (χ1n) is 22.6. The molecule has 0 bridgehead atoms. The summed E-state index contributed by atoms with van der Waals surface area (Å²) in [6.07, 6.45) is 7.95. The standard InChI is InChI=1S/C47H71N7O7Si2/c1-46(2,3)60-44(56)51-22-13-15-37(51)42-48-30-39(54(42)33-59-26-28-63(10,11)12)35-19-17-34(18-20-35)36-21-24-53(41(55)29-36)40-31-50(32-58-25-27-62(7,8)9)43(49-40)38-16-14-23-52(38)45(57)61-47(4,5)6/h17-21,24,29-31,37-38H,13-16,22-23,25-28,32-33H2,1-12H3/t37-,38-/m0/s1. The minimum Gasteiger partial charge on any atom is -0.444 e. The first kappa shape index (κ1) is 48.0. The maximum atomic E-state index is 13.9. The second kappa shape index (κ2) is 19.3. The van der Waals surface area contributed by atoms with Crippen LogP contribution in [0.2, 0.25) is 51.4 Å². The number of aromatic nitrogens is 5. The summed E-state index contributed by atoms with van der Waals surface area (Å²) in [7, 11) is -2.62. The van der Waals surface area contributed by atoms with E-state index in [1.54, 1.807) is 26.6 Å². The molecule has 0 spiro atoms. The lowest BCUT2D eigenvalue weighted by atomic mass is 10.0. The summed E-state index contributed by atoms with van der Waals surface area (Å²) in [6.45, 7) is 28.2. The molecule has 2 amide bonds. The van der Waals surface area contributed by atoms with Crippen LogP contribution in [0.25, 0.3) is 28.2 Å². The van der Waals surface area contributed by atoms with Gasteiger partial charge in [-0.3, -0.25) is 19.2 Å². The lowest BCUT2D eigenvalue weighted by Gasteiger charge is -2.29. The van der Waals surface area contributed by atoms with Gasteiger partial charge in [0.25, 0.3) is 5.56 Å². The SMILES string of the molecule is CC(C)(C)OC(=O)N1CCC[C@H]1c1nc(-n2ccc(-c3ccc(-c4cnc([C@@H]5CCCN5C(=O)OC(C)(C)C)n4COCC[Si](C)(C)C)cc3)cc2=O)cn1COCC[Si](C)(C)C. The summed E-state index contributed by atoms with van der Waals surface area (Å²) in [5.74, 6) is 1.91. The van der Waals surface area contributed by atoms with Gasteiger partial charge in [0.2, 0.25) is 0 Å². The zero-order valence-corrected chi connectivity index (χ0v) is 41.8. The molecule has 16 heteroatoms. The Bertz CT molecular complexity index is 2260. The molecule has 1 aromatic carbocycles. The lowest BCUT2D eigenvalue weighted by Crippen LogP contribution is -2.37. The second-order valence-electron chi connectivity index (χ2n) is 21.4. The van der Waals surface area contributed by atoms with Crippen molar-refractivity contribution in [3.05, 3.63) is 77.0 Å². The fourth-order valence-electron chi connectivity index (χ4n) is 7.83. The summed E-state index contributed by atoms with van der Waals surface area (Å²) >= 11 is 0. The third-order valence-electron chi connectivity index (χ3n) is 11.2. The van der Waals surface area contributed by atoms with Gasteiger partial charge in [0.15, 0.2) is 5.82 Å². The van der Waals surface area contributed by atoms with Gasteiger partial charge in [-0.25, -0.2) is 19.6 Å². The van der Waals surface area contributed by atoms with Crippen LogP contribution in [-0.4, -0.2) is 99.3 Å². The molecular formula is C47H71N7O7Si2. The third kappa shape index (κ3) is 12.8. The fourth-order valence-corrected chi connectivity index (χ4v) is 9.34. The molecule has 2 saturated heterocycles. The van der Waals surface area contributed by atoms with E-state index in [9.17, 15) is 14.4 Å². The van der Waals surface area contributed by atoms with E-state index in [1.807, 2.05) is 88.8 Å². The number of carbonyl (C=O) groups excluding carboxylic acids is 2. The summed E-state index contributed by atoms with van der Waals surface area (Å²) in [6, 6.07) is 13.2. The van der Waals surface area contributed by atoms with Crippen LogP contribution in [0.15, 0.2) is 59.8 Å². The van der Waals surface area contributed by atoms with E-state index < -0.39 is 27.3 Å². The van der Waals surface area contributed by atoms with Crippen LogP contribution in [0.5, 0.6) is 0 Å². The van der Waals surface area contributed by atoms with Crippen LogP contribution in [0, 0.1) is 0 Å². The van der Waals surface area contributed by atoms with Gasteiger partial charge in [-0.1, -0.05) is 63.5 Å². The quantitative estimate of drug-likeness (QED) is 0.0844. The van der Waals surface area contributed by atoms with E-state index in [0.29, 0.717) is 44.7 Å². The monoisotopic (exact) mass is 901 g/mol. The average molecular weight is 902 g/mol. The molecule has 0 unspecified atom stereocenters. The maximum Gasteiger partial charge on any atom is 0.410 e. The number of hydrogen-bond acceptors (Lipinski definition) is 9. The van der Waals surface area contributed by atoms with Crippen molar-refractivity contribution < 1.29 is 28.5 Å². The fraction of sp³-hybridized carbons (Fsp3) is 0.596. The number of nitrogens with zero attached hydrogens (tertiary/aromatic N) is 7. The normalized spacial score (nSPS) is 17.5. The van der Waals surface area contributed by atoms with E-state index in [0.717, 1.165) is 66.0 Å². The molecule has 5 heterocycles. The van der Waals surface area contributed by atoms with Crippen molar-refractivity contribution in [3.8, 4) is 28.2 Å². The van der Waals surface area contributed by atoms with Gasteiger partial charge in [-0.15, -0.1) is 0 Å². The molecule has 3 aromatic heterocycles. The highest BCUT2D eigenvalue weighted by molar-refractivity contribution is 6.76. The van der Waals surface area contributed by atoms with E-state index in [-0.39, 0.29) is 36.6 Å². The van der Waals surface area contributed by atoms with Crippen LogP contribution in [0.1, 0.15) is 91.0 Å². The number of amides is 2. The predicted molar refractivity (Wildman–Crippen MR) is 253 cm³/mol. The number of likely N-dealkylation sites (tertiary alicyclic amines) is 2. The number of carbonyl (C=O) groups is 2. The van der Waals surface area contributed by atoms with Gasteiger partial charge in [0.1, 0.15) is 36.3 Å². The van der Waals surface area contributed by atoms with Crippen molar-refractivity contribution >= 4 is 28.3 Å². The summed E-state index contributed by atoms with van der Waals surface area (Å²) < 4.78 is 29.6. The molecule has 6 rings (SSSR count). The van der Waals surface area contributed by atoms with Crippen LogP contribution in [-0.2, 0) is 32.4 Å². The molecule has 0 radical (unpaired) electrons. The van der Waals surface area contributed by atoms with Gasteiger partial charge in [-0.05, 0) is 102 Å². The van der Waals surface area contributed by atoms with E-state index in [1.165, 1.54) is 0 Å². The van der Waals surface area contributed by atoms with Gasteiger partial charge < -0.3 is 28.1 Å². The average Bonchev–Trinajstić information content (AvgIpc) is 3.99. The first-order valence-corrected chi connectivity index (χ1v) is 30.0. The van der Waals surface area contributed by atoms with Crippen LogP contribution < -0.4 is 5.56 Å². The first-order chi connectivity index (χ1) is 29.5. The Hall–Kier alpha value is -4.52. The van der Waals surface area contributed by atoms with Crippen molar-refractivity contribution in [2.45, 2.75) is 155 Å². The lowest BCUT2D eigenvalue weighted by molar-refractivity contribution is 0.0195. The Morgan fingerprint density at radius 1 is 0.714 bits per heavy atom. The van der Waals surface area contributed by atoms with Crippen LogP contribution in [0.4, 0.5) is 9.59 Å². The van der Waals surface area contributed by atoms with Crippen LogP contribution >= 0.6 is 0 Å². The van der Waals surface area contributed by atoms with E-state index in [4.69, 9.17) is 28.9 Å². The Balaban J connectivity index is 1.26. The smallest absolute Gasteiger partial charge is 0.410 e. The molecule has 2 atom stereocenters. The Morgan fingerprint density at radius 2 is 1.24 bits per heavy atom. The molecule has 2 aliphatic heterocycles. The van der Waals surface area contributed by atoms with Crippen molar-refractivity contribution in [1.29, 1.82) is 0 Å². The van der Waals surface area contributed by atoms with Gasteiger partial charge in [0.05, 0.1) is 30.2 Å². The molecule has 2 fully saturated rings. The molecule has 63 heavy (non-hydrogen) atoms. The predicted octanol–water partition coefficient (Wildman–Crippen LogP) is 10.3. The number of ether oxygens (including phenoxy) is 4. The summed E-state index contributed by atoms with van der Waals surface area (Å²) in [4.78, 5) is 54.0. The van der Waals surface area contributed by atoms with Crippen LogP contribution in [0.3, 0.4) is 0 Å². The summed E-state index contributed by atoms with van der Waals surface area (Å²) in [5, 5.41) is 0. The zero-order valence-electron chi connectivity index (χ0n) is 39.8. The number of hydrogen-bond donors (Lipinski definition) is 0. The van der Waals surface area contributed by atoms with Crippen molar-refractivity contribution in [1.82, 2.24) is 33.5 Å². The maximum absolute atomic E-state index is 13.9. The van der Waals surface area contributed by atoms with Crippen molar-refractivity contribution in [2.75, 3.05) is 26.3 Å². The molecule has 0 aliphatic carbocycles. The molecule has 344 valence electrons.